The Balaban J connectivity index is 1.65. The van der Waals surface area contributed by atoms with Crippen molar-refractivity contribution in [2.75, 3.05) is 7.11 Å². The Hall–Kier alpha value is -3.64. The summed E-state index contributed by atoms with van der Waals surface area (Å²) in [7, 11) is 1.35. The average molecular weight is 429 g/mol. The van der Waals surface area contributed by atoms with Gasteiger partial charge < -0.3 is 4.74 Å². The summed E-state index contributed by atoms with van der Waals surface area (Å²) in [6.45, 7) is 0.441. The van der Waals surface area contributed by atoms with E-state index in [-0.39, 0.29) is 5.91 Å². The topological polar surface area (TPSA) is 59.0 Å². The molecule has 154 valence electrons. The standard InChI is InChI=1S/C25H20N2O3S/c1-30-24(29)20-14-12-18(13-15-20)16-22-23(28)27(17-19-8-4-2-5-9-19)25(31-22)26-21-10-6-3-7-11-21/h2-16H,17H2,1H3/b22-16-,26-25?. The van der Waals surface area contributed by atoms with E-state index < -0.39 is 5.97 Å². The minimum Gasteiger partial charge on any atom is -0.465 e. The Kier molecular flexibility index (Phi) is 6.29. The number of ether oxygens (including phenoxy) is 1. The van der Waals surface area contributed by atoms with Gasteiger partial charge in [0.25, 0.3) is 5.91 Å². The van der Waals surface area contributed by atoms with Gasteiger partial charge in [-0.3, -0.25) is 9.69 Å². The van der Waals surface area contributed by atoms with E-state index in [0.29, 0.717) is 22.2 Å². The first-order valence-corrected chi connectivity index (χ1v) is 10.5. The minimum atomic E-state index is -0.392. The van der Waals surface area contributed by atoms with Crippen LogP contribution in [0.3, 0.4) is 0 Å². The number of esters is 1. The van der Waals surface area contributed by atoms with Crippen LogP contribution in [-0.4, -0.2) is 29.1 Å². The number of amides is 1. The van der Waals surface area contributed by atoms with E-state index in [2.05, 4.69) is 0 Å². The van der Waals surface area contributed by atoms with Gasteiger partial charge in [-0.25, -0.2) is 9.79 Å². The van der Waals surface area contributed by atoms with Crippen LogP contribution in [0, 0.1) is 0 Å². The molecule has 1 fully saturated rings. The van der Waals surface area contributed by atoms with Crippen LogP contribution >= 0.6 is 11.8 Å². The molecule has 1 aliphatic heterocycles. The Morgan fingerprint density at radius 2 is 1.61 bits per heavy atom. The van der Waals surface area contributed by atoms with Gasteiger partial charge >= 0.3 is 5.97 Å². The Labute approximate surface area is 185 Å². The molecule has 0 aromatic heterocycles. The predicted molar refractivity (Wildman–Crippen MR) is 124 cm³/mol. The van der Waals surface area contributed by atoms with Crippen molar-refractivity contribution in [1.82, 2.24) is 4.90 Å². The van der Waals surface area contributed by atoms with Crippen molar-refractivity contribution in [3.8, 4) is 0 Å². The first-order chi connectivity index (χ1) is 15.1. The van der Waals surface area contributed by atoms with Gasteiger partial charge in [0.1, 0.15) is 0 Å². The molecular weight excluding hydrogens is 408 g/mol. The van der Waals surface area contributed by atoms with Gasteiger partial charge in [-0.1, -0.05) is 60.7 Å². The van der Waals surface area contributed by atoms with Crippen molar-refractivity contribution in [1.29, 1.82) is 0 Å². The number of nitrogens with zero attached hydrogens (tertiary/aromatic N) is 2. The highest BCUT2D eigenvalue weighted by atomic mass is 32.2. The summed E-state index contributed by atoms with van der Waals surface area (Å²) in [5, 5.41) is 0.637. The molecule has 0 bridgehead atoms. The third-order valence-corrected chi connectivity index (χ3v) is 5.69. The van der Waals surface area contributed by atoms with Crippen molar-refractivity contribution in [2.24, 2.45) is 4.99 Å². The molecule has 5 nitrogen and oxygen atoms in total. The monoisotopic (exact) mass is 428 g/mol. The van der Waals surface area contributed by atoms with E-state index in [4.69, 9.17) is 9.73 Å². The first-order valence-electron chi connectivity index (χ1n) is 9.71. The number of carbonyl (C=O) groups is 2. The van der Waals surface area contributed by atoms with Crippen LogP contribution in [0.2, 0.25) is 0 Å². The molecule has 6 heteroatoms. The van der Waals surface area contributed by atoms with Crippen molar-refractivity contribution in [3.63, 3.8) is 0 Å². The number of rotatable bonds is 5. The summed E-state index contributed by atoms with van der Waals surface area (Å²) in [4.78, 5) is 31.8. The molecule has 1 aliphatic rings. The van der Waals surface area contributed by atoms with Gasteiger partial charge in [-0.2, -0.15) is 0 Å². The van der Waals surface area contributed by atoms with Gasteiger partial charge in [-0.15, -0.1) is 0 Å². The maximum atomic E-state index is 13.2. The molecule has 3 aromatic carbocycles. The van der Waals surface area contributed by atoms with Crippen LogP contribution in [0.15, 0.2) is 94.8 Å². The minimum absolute atomic E-state index is 0.0967. The molecule has 1 saturated heterocycles. The fourth-order valence-corrected chi connectivity index (χ4v) is 4.09. The molecule has 4 rings (SSSR count). The maximum Gasteiger partial charge on any atom is 0.337 e. The van der Waals surface area contributed by atoms with Crippen molar-refractivity contribution >= 4 is 40.6 Å². The number of thioether (sulfide) groups is 1. The van der Waals surface area contributed by atoms with Gasteiger partial charge in [0.15, 0.2) is 5.17 Å². The van der Waals surface area contributed by atoms with Crippen molar-refractivity contribution in [3.05, 3.63) is 107 Å². The lowest BCUT2D eigenvalue weighted by Crippen LogP contribution is -2.28. The van der Waals surface area contributed by atoms with E-state index in [1.165, 1.54) is 18.9 Å². The third kappa shape index (κ3) is 4.92. The zero-order chi connectivity index (χ0) is 21.6. The van der Waals surface area contributed by atoms with Gasteiger partial charge in [0, 0.05) is 0 Å². The molecule has 0 atom stereocenters. The molecule has 1 amide bonds. The second-order valence-electron chi connectivity index (χ2n) is 6.83. The quantitative estimate of drug-likeness (QED) is 0.410. The van der Waals surface area contributed by atoms with Crippen LogP contribution in [0.25, 0.3) is 6.08 Å². The third-order valence-electron chi connectivity index (χ3n) is 4.68. The lowest BCUT2D eigenvalue weighted by molar-refractivity contribution is -0.122. The molecular formula is C25H20N2O3S. The molecule has 3 aromatic rings. The van der Waals surface area contributed by atoms with Crippen molar-refractivity contribution < 1.29 is 14.3 Å². The Bertz CT molecular complexity index is 1140. The number of benzene rings is 3. The van der Waals surface area contributed by atoms with Crippen LogP contribution < -0.4 is 0 Å². The second kappa shape index (κ2) is 9.45. The van der Waals surface area contributed by atoms with Crippen LogP contribution in [0.5, 0.6) is 0 Å². The molecule has 31 heavy (non-hydrogen) atoms. The second-order valence-corrected chi connectivity index (χ2v) is 7.84. The van der Waals surface area contributed by atoms with E-state index >= 15 is 0 Å². The van der Waals surface area contributed by atoms with Crippen LogP contribution in [0.4, 0.5) is 5.69 Å². The normalized spacial score (nSPS) is 16.2. The van der Waals surface area contributed by atoms with E-state index in [0.717, 1.165) is 16.8 Å². The fourth-order valence-electron chi connectivity index (χ4n) is 3.09. The summed E-state index contributed by atoms with van der Waals surface area (Å²) in [6, 6.07) is 26.4. The lowest BCUT2D eigenvalue weighted by atomic mass is 10.1. The molecule has 0 N–H and O–H groups in total. The molecule has 0 radical (unpaired) electrons. The number of carbonyl (C=O) groups excluding carboxylic acids is 2. The van der Waals surface area contributed by atoms with E-state index in [1.54, 1.807) is 29.2 Å². The van der Waals surface area contributed by atoms with Gasteiger partial charge in [0.2, 0.25) is 0 Å². The molecule has 0 saturated carbocycles. The largest absolute Gasteiger partial charge is 0.465 e. The number of hydrogen-bond donors (Lipinski definition) is 0. The molecule has 0 spiro atoms. The predicted octanol–water partition coefficient (Wildman–Crippen LogP) is 5.28. The fraction of sp³-hybridized carbons (Fsp3) is 0.0800. The number of para-hydroxylation sites is 1. The molecule has 0 aliphatic carbocycles. The van der Waals surface area contributed by atoms with Crippen LogP contribution in [-0.2, 0) is 16.1 Å². The van der Waals surface area contributed by atoms with E-state index in [9.17, 15) is 9.59 Å². The summed E-state index contributed by atoms with van der Waals surface area (Å²) in [5.74, 6) is -0.489. The van der Waals surface area contributed by atoms with Gasteiger partial charge in [0.05, 0.1) is 29.8 Å². The molecule has 1 heterocycles. The van der Waals surface area contributed by atoms with Gasteiger partial charge in [-0.05, 0) is 53.2 Å². The Morgan fingerprint density at radius 3 is 2.26 bits per heavy atom. The smallest absolute Gasteiger partial charge is 0.337 e. The highest BCUT2D eigenvalue weighted by Gasteiger charge is 2.33. The number of hydrogen-bond acceptors (Lipinski definition) is 5. The Morgan fingerprint density at radius 1 is 0.968 bits per heavy atom. The highest BCUT2D eigenvalue weighted by molar-refractivity contribution is 8.18. The number of aliphatic imine (C=N–C) groups is 1. The van der Waals surface area contributed by atoms with Crippen molar-refractivity contribution in [2.45, 2.75) is 6.54 Å². The summed E-state index contributed by atoms with van der Waals surface area (Å²) >= 11 is 1.35. The number of amidine groups is 1. The highest BCUT2D eigenvalue weighted by Crippen LogP contribution is 2.35. The SMILES string of the molecule is COC(=O)c1ccc(/C=C2\SC(=Nc3ccccc3)N(Cc3ccccc3)C2=O)cc1. The summed E-state index contributed by atoms with van der Waals surface area (Å²) < 4.78 is 4.73. The lowest BCUT2D eigenvalue weighted by Gasteiger charge is -2.15. The first kappa shape index (κ1) is 20.6. The summed E-state index contributed by atoms with van der Waals surface area (Å²) in [6.07, 6.45) is 1.82. The number of methoxy groups -OCH3 is 1. The molecule has 0 unspecified atom stereocenters. The van der Waals surface area contributed by atoms with E-state index in [1.807, 2.05) is 66.7 Å². The zero-order valence-electron chi connectivity index (χ0n) is 16.9. The van der Waals surface area contributed by atoms with Crippen LogP contribution in [0.1, 0.15) is 21.5 Å². The maximum absolute atomic E-state index is 13.2. The summed E-state index contributed by atoms with van der Waals surface area (Å²) in [5.41, 5.74) is 3.11. The zero-order valence-corrected chi connectivity index (χ0v) is 17.7. The average Bonchev–Trinajstić information content (AvgIpc) is 3.09.